The first-order valence-electron chi connectivity index (χ1n) is 5.53. The second kappa shape index (κ2) is 3.07. The third-order valence-corrected chi connectivity index (χ3v) is 5.21. The molecule has 0 radical (unpaired) electrons. The van der Waals surface area contributed by atoms with Crippen LogP contribution in [0.1, 0.15) is 40.0 Å². The Morgan fingerprint density at radius 2 is 2.07 bits per heavy atom. The minimum atomic E-state index is -0.375. The first kappa shape index (κ1) is 11.1. The van der Waals surface area contributed by atoms with Crippen LogP contribution < -0.4 is 0 Å². The molecule has 2 rings (SSSR count). The van der Waals surface area contributed by atoms with E-state index in [1.165, 1.54) is 0 Å². The van der Waals surface area contributed by atoms with Crippen LogP contribution in [0.15, 0.2) is 0 Å². The predicted molar refractivity (Wildman–Crippen MR) is 58.6 cm³/mol. The molecule has 3 heteroatoms. The molecule has 0 aromatic rings. The number of carbonyl (C=O) groups is 2. The average molecular weight is 229 g/mol. The first-order chi connectivity index (χ1) is 6.80. The molecule has 2 saturated carbocycles. The van der Waals surface area contributed by atoms with E-state index >= 15 is 0 Å². The monoisotopic (exact) mass is 228 g/mol. The minimum Gasteiger partial charge on any atom is -0.299 e. The number of fused-ring (bicyclic) bond motifs is 2. The van der Waals surface area contributed by atoms with Crippen molar-refractivity contribution in [2.45, 2.75) is 40.0 Å². The Bertz CT molecular complexity index is 335. The molecule has 2 fully saturated rings. The summed E-state index contributed by atoms with van der Waals surface area (Å²) in [6, 6.07) is 0. The van der Waals surface area contributed by atoms with E-state index < -0.39 is 0 Å². The Morgan fingerprint density at radius 3 is 2.47 bits per heavy atom. The van der Waals surface area contributed by atoms with Gasteiger partial charge in [0.2, 0.25) is 5.24 Å². The number of halogens is 1. The predicted octanol–water partition coefficient (Wildman–Crippen LogP) is 2.78. The number of carbonyl (C=O) groups excluding carboxylic acids is 2. The van der Waals surface area contributed by atoms with Crippen LogP contribution in [0.5, 0.6) is 0 Å². The van der Waals surface area contributed by atoms with E-state index in [-0.39, 0.29) is 34.2 Å². The largest absolute Gasteiger partial charge is 0.299 e. The van der Waals surface area contributed by atoms with Crippen LogP contribution in [-0.4, -0.2) is 11.0 Å². The van der Waals surface area contributed by atoms with Crippen molar-refractivity contribution in [2.24, 2.45) is 22.7 Å². The van der Waals surface area contributed by atoms with Crippen molar-refractivity contribution in [1.82, 2.24) is 0 Å². The van der Waals surface area contributed by atoms with Gasteiger partial charge in [0.05, 0.1) is 0 Å². The zero-order valence-electron chi connectivity index (χ0n) is 9.47. The van der Waals surface area contributed by atoms with Gasteiger partial charge in [-0.15, -0.1) is 0 Å². The molecular formula is C12H17ClO2. The third kappa shape index (κ3) is 1.24. The lowest BCUT2D eigenvalue weighted by atomic mass is 9.70. The maximum atomic E-state index is 12.2. The minimum absolute atomic E-state index is 0.0289. The molecule has 2 aliphatic carbocycles. The van der Waals surface area contributed by atoms with Gasteiger partial charge in [-0.25, -0.2) is 0 Å². The van der Waals surface area contributed by atoms with E-state index in [9.17, 15) is 9.59 Å². The highest BCUT2D eigenvalue weighted by atomic mass is 35.5. The zero-order chi connectivity index (χ0) is 11.4. The molecule has 0 heterocycles. The SMILES string of the molecule is CC1(C)C2CC[C@@]1(C)C(=O)[C@@H]2CC(=O)Cl. The summed E-state index contributed by atoms with van der Waals surface area (Å²) in [5.74, 6) is 0.485. The number of Topliss-reactive ketones (excluding diaryl/α,β-unsaturated/α-hetero) is 1. The van der Waals surface area contributed by atoms with Crippen molar-refractivity contribution in [3.8, 4) is 0 Å². The van der Waals surface area contributed by atoms with Gasteiger partial charge in [0.15, 0.2) is 0 Å². The van der Waals surface area contributed by atoms with Gasteiger partial charge >= 0.3 is 0 Å². The number of rotatable bonds is 2. The normalized spacial score (nSPS) is 42.3. The van der Waals surface area contributed by atoms with Crippen LogP contribution in [0.2, 0.25) is 0 Å². The fourth-order valence-electron chi connectivity index (χ4n) is 3.68. The summed E-state index contributed by atoms with van der Waals surface area (Å²) in [6.45, 7) is 6.36. The highest BCUT2D eigenvalue weighted by Gasteiger charge is 2.65. The van der Waals surface area contributed by atoms with Gasteiger partial charge in [0.25, 0.3) is 0 Å². The molecule has 2 bridgehead atoms. The summed E-state index contributed by atoms with van der Waals surface area (Å²) in [4.78, 5) is 23.2. The third-order valence-electron chi connectivity index (χ3n) is 5.05. The second-order valence-electron chi connectivity index (χ2n) is 5.73. The molecule has 1 unspecified atom stereocenters. The summed E-state index contributed by atoms with van der Waals surface area (Å²) in [5, 5.41) is -0.375. The van der Waals surface area contributed by atoms with Crippen LogP contribution in [0.4, 0.5) is 0 Å². The average Bonchev–Trinajstić information content (AvgIpc) is 2.40. The summed E-state index contributed by atoms with van der Waals surface area (Å²) >= 11 is 5.41. The lowest BCUT2D eigenvalue weighted by molar-refractivity contribution is -0.133. The zero-order valence-corrected chi connectivity index (χ0v) is 10.2. The van der Waals surface area contributed by atoms with Crippen molar-refractivity contribution in [2.75, 3.05) is 0 Å². The topological polar surface area (TPSA) is 34.1 Å². The molecule has 0 amide bonds. The van der Waals surface area contributed by atoms with E-state index in [2.05, 4.69) is 13.8 Å². The van der Waals surface area contributed by atoms with Gasteiger partial charge < -0.3 is 0 Å². The van der Waals surface area contributed by atoms with Gasteiger partial charge in [0, 0.05) is 17.8 Å². The van der Waals surface area contributed by atoms with E-state index in [1.54, 1.807) is 0 Å². The standard InChI is InChI=1S/C12H17ClO2/c1-11(2)8-4-5-12(11,3)10(15)7(8)6-9(13)14/h7-8H,4-6H2,1-3H3/t7-,8?,12+/m1/s1. The molecule has 3 atom stereocenters. The molecule has 2 nitrogen and oxygen atoms in total. The maximum absolute atomic E-state index is 12.2. The second-order valence-corrected chi connectivity index (χ2v) is 6.15. The van der Waals surface area contributed by atoms with E-state index in [4.69, 9.17) is 11.6 Å². The van der Waals surface area contributed by atoms with E-state index in [0.717, 1.165) is 12.8 Å². The Kier molecular flexibility index (Phi) is 2.27. The van der Waals surface area contributed by atoms with Crippen LogP contribution >= 0.6 is 11.6 Å². The molecule has 0 N–H and O–H groups in total. The quantitative estimate of drug-likeness (QED) is 0.681. The molecule has 84 valence electrons. The number of hydrogen-bond acceptors (Lipinski definition) is 2. The van der Waals surface area contributed by atoms with E-state index in [1.807, 2.05) is 6.92 Å². The van der Waals surface area contributed by atoms with Crippen LogP contribution in [0.25, 0.3) is 0 Å². The molecule has 0 saturated heterocycles. The number of hydrogen-bond donors (Lipinski definition) is 0. The van der Waals surface area contributed by atoms with Crippen LogP contribution in [0, 0.1) is 22.7 Å². The fraction of sp³-hybridized carbons (Fsp3) is 0.833. The highest BCUT2D eigenvalue weighted by Crippen LogP contribution is 2.66. The van der Waals surface area contributed by atoms with Crippen LogP contribution in [0.3, 0.4) is 0 Å². The van der Waals surface area contributed by atoms with Gasteiger partial charge in [0.1, 0.15) is 5.78 Å². The van der Waals surface area contributed by atoms with Gasteiger partial charge in [-0.1, -0.05) is 20.8 Å². The lowest BCUT2D eigenvalue weighted by Gasteiger charge is -2.32. The van der Waals surface area contributed by atoms with E-state index in [0.29, 0.717) is 5.92 Å². The molecular weight excluding hydrogens is 212 g/mol. The Labute approximate surface area is 95.4 Å². The molecule has 15 heavy (non-hydrogen) atoms. The van der Waals surface area contributed by atoms with Crippen LogP contribution in [-0.2, 0) is 9.59 Å². The van der Waals surface area contributed by atoms with Crippen molar-refractivity contribution >= 4 is 22.6 Å². The smallest absolute Gasteiger partial charge is 0.222 e. The number of ketones is 1. The summed E-state index contributed by atoms with van der Waals surface area (Å²) < 4.78 is 0. The Morgan fingerprint density at radius 1 is 1.47 bits per heavy atom. The van der Waals surface area contributed by atoms with Gasteiger partial charge in [-0.2, -0.15) is 0 Å². The fourth-order valence-corrected chi connectivity index (χ4v) is 3.85. The molecule has 0 spiro atoms. The molecule has 0 aromatic heterocycles. The van der Waals surface area contributed by atoms with Crippen molar-refractivity contribution < 1.29 is 9.59 Å². The highest BCUT2D eigenvalue weighted by molar-refractivity contribution is 6.63. The van der Waals surface area contributed by atoms with Gasteiger partial charge in [-0.3, -0.25) is 9.59 Å². The van der Waals surface area contributed by atoms with Crippen molar-refractivity contribution in [1.29, 1.82) is 0 Å². The summed E-state index contributed by atoms with van der Waals surface area (Å²) in [7, 11) is 0. The first-order valence-corrected chi connectivity index (χ1v) is 5.91. The van der Waals surface area contributed by atoms with Gasteiger partial charge in [-0.05, 0) is 35.8 Å². The van der Waals surface area contributed by atoms with Crippen molar-refractivity contribution in [3.63, 3.8) is 0 Å². The summed E-state index contributed by atoms with van der Waals surface area (Å²) in [6.07, 6.45) is 2.25. The maximum Gasteiger partial charge on any atom is 0.222 e. The molecule has 2 aliphatic rings. The summed E-state index contributed by atoms with van der Waals surface area (Å²) in [5.41, 5.74) is -0.199. The lowest BCUT2D eigenvalue weighted by Crippen LogP contribution is -2.33. The molecule has 0 aromatic carbocycles. The Hall–Kier alpha value is -0.370. The molecule has 0 aliphatic heterocycles. The van der Waals surface area contributed by atoms with Crippen molar-refractivity contribution in [3.05, 3.63) is 0 Å². The Balaban J connectivity index is 2.34.